The van der Waals surface area contributed by atoms with Crippen LogP contribution in [0.5, 0.6) is 0 Å². The summed E-state index contributed by atoms with van der Waals surface area (Å²) in [6, 6.07) is 0.777. The number of methoxy groups -OCH3 is 1. The Morgan fingerprint density at radius 1 is 1.16 bits per heavy atom. The van der Waals surface area contributed by atoms with Gasteiger partial charge in [0.15, 0.2) is 0 Å². The van der Waals surface area contributed by atoms with Crippen LogP contribution in [0.1, 0.15) is 39.5 Å². The van der Waals surface area contributed by atoms with Crippen LogP contribution in [0, 0.1) is 17.8 Å². The van der Waals surface area contributed by atoms with Crippen molar-refractivity contribution >= 4 is 0 Å². The smallest absolute Gasteiger partial charge is 0.0589 e. The Morgan fingerprint density at radius 3 is 2.74 bits per heavy atom. The third kappa shape index (κ3) is 4.73. The van der Waals surface area contributed by atoms with Gasteiger partial charge in [-0.3, -0.25) is 0 Å². The maximum Gasteiger partial charge on any atom is 0.0589 e. The number of likely N-dealkylation sites (tertiary alicyclic amines) is 1. The van der Waals surface area contributed by atoms with Crippen molar-refractivity contribution in [2.24, 2.45) is 17.8 Å². The van der Waals surface area contributed by atoms with Crippen LogP contribution < -0.4 is 5.32 Å². The molecule has 0 spiro atoms. The Labute approximate surface area is 119 Å². The Morgan fingerprint density at radius 2 is 2.00 bits per heavy atom. The van der Waals surface area contributed by atoms with Crippen molar-refractivity contribution < 1.29 is 4.74 Å². The number of nitrogens with zero attached hydrogens (tertiary/aromatic N) is 1. The van der Waals surface area contributed by atoms with Crippen LogP contribution in [0.3, 0.4) is 0 Å². The fraction of sp³-hybridized carbons (Fsp3) is 1.00. The zero-order chi connectivity index (χ0) is 13.7. The molecule has 2 rings (SSSR count). The van der Waals surface area contributed by atoms with Crippen LogP contribution in [0.15, 0.2) is 0 Å². The summed E-state index contributed by atoms with van der Waals surface area (Å²) in [5.41, 5.74) is 0. The highest BCUT2D eigenvalue weighted by molar-refractivity contribution is 4.83. The molecule has 0 aromatic heterocycles. The molecule has 1 N–H and O–H groups in total. The lowest BCUT2D eigenvalue weighted by Crippen LogP contribution is -2.39. The molecule has 112 valence electrons. The molecule has 3 nitrogen and oxygen atoms in total. The molecule has 0 unspecified atom stereocenters. The lowest BCUT2D eigenvalue weighted by Gasteiger charge is -2.33. The Hall–Kier alpha value is -0.120. The number of rotatable bonds is 6. The predicted octanol–water partition coefficient (Wildman–Crippen LogP) is 2.37. The van der Waals surface area contributed by atoms with E-state index in [9.17, 15) is 0 Å². The van der Waals surface area contributed by atoms with Gasteiger partial charge in [0.1, 0.15) is 0 Å². The SMILES string of the molecule is COCCN1CC[C@H](CN[C@@H]2CC[C@@H](C)[C@@H](C)C2)C1. The second-order valence-corrected chi connectivity index (χ2v) is 6.82. The second-order valence-electron chi connectivity index (χ2n) is 6.82. The van der Waals surface area contributed by atoms with Crippen molar-refractivity contribution in [3.8, 4) is 0 Å². The molecule has 0 aromatic rings. The zero-order valence-corrected chi connectivity index (χ0v) is 13.0. The average Bonchev–Trinajstić information content (AvgIpc) is 2.86. The molecular formula is C16H32N2O. The summed E-state index contributed by atoms with van der Waals surface area (Å²) in [6.07, 6.45) is 5.52. The zero-order valence-electron chi connectivity index (χ0n) is 13.0. The molecule has 1 saturated heterocycles. The minimum absolute atomic E-state index is 0.777. The fourth-order valence-corrected chi connectivity index (χ4v) is 3.57. The molecule has 19 heavy (non-hydrogen) atoms. The van der Waals surface area contributed by atoms with Crippen LogP contribution in [0.25, 0.3) is 0 Å². The number of ether oxygens (including phenoxy) is 1. The number of nitrogens with one attached hydrogen (secondary N) is 1. The lowest BCUT2D eigenvalue weighted by atomic mass is 9.79. The Kier molecular flexibility index (Phi) is 6.11. The molecule has 2 aliphatic rings. The van der Waals surface area contributed by atoms with Crippen molar-refractivity contribution in [2.75, 3.05) is 39.9 Å². The summed E-state index contributed by atoms with van der Waals surface area (Å²) in [4.78, 5) is 2.54. The van der Waals surface area contributed by atoms with Crippen LogP contribution in [-0.2, 0) is 4.74 Å². The van der Waals surface area contributed by atoms with Crippen molar-refractivity contribution in [3.63, 3.8) is 0 Å². The third-order valence-corrected chi connectivity index (χ3v) is 5.27. The van der Waals surface area contributed by atoms with Gasteiger partial charge in [-0.1, -0.05) is 13.8 Å². The third-order valence-electron chi connectivity index (χ3n) is 5.27. The molecule has 1 heterocycles. The van der Waals surface area contributed by atoms with Gasteiger partial charge in [0.05, 0.1) is 6.61 Å². The first-order valence-electron chi connectivity index (χ1n) is 8.13. The van der Waals surface area contributed by atoms with E-state index in [0.29, 0.717) is 0 Å². The summed E-state index contributed by atoms with van der Waals surface area (Å²) < 4.78 is 5.16. The molecule has 1 saturated carbocycles. The van der Waals surface area contributed by atoms with Gasteiger partial charge in [0.25, 0.3) is 0 Å². The first-order valence-corrected chi connectivity index (χ1v) is 8.13. The molecule has 1 aliphatic carbocycles. The minimum atomic E-state index is 0.777. The van der Waals surface area contributed by atoms with Gasteiger partial charge in [-0.2, -0.15) is 0 Å². The largest absolute Gasteiger partial charge is 0.383 e. The van der Waals surface area contributed by atoms with Gasteiger partial charge in [-0.15, -0.1) is 0 Å². The molecule has 0 radical (unpaired) electrons. The molecule has 4 atom stereocenters. The fourth-order valence-electron chi connectivity index (χ4n) is 3.57. The summed E-state index contributed by atoms with van der Waals surface area (Å²) in [5, 5.41) is 3.83. The van der Waals surface area contributed by atoms with E-state index in [4.69, 9.17) is 4.74 Å². The van der Waals surface area contributed by atoms with E-state index in [1.165, 1.54) is 45.3 Å². The highest BCUT2D eigenvalue weighted by Crippen LogP contribution is 2.29. The molecule has 2 fully saturated rings. The maximum atomic E-state index is 5.16. The molecular weight excluding hydrogens is 236 g/mol. The summed E-state index contributed by atoms with van der Waals surface area (Å²) in [6.45, 7) is 10.5. The van der Waals surface area contributed by atoms with E-state index in [0.717, 1.165) is 36.9 Å². The topological polar surface area (TPSA) is 24.5 Å². The van der Waals surface area contributed by atoms with Crippen LogP contribution >= 0.6 is 0 Å². The average molecular weight is 268 g/mol. The van der Waals surface area contributed by atoms with Crippen LogP contribution in [-0.4, -0.2) is 50.8 Å². The number of hydrogen-bond donors (Lipinski definition) is 1. The van der Waals surface area contributed by atoms with Crippen molar-refractivity contribution in [1.29, 1.82) is 0 Å². The van der Waals surface area contributed by atoms with Crippen molar-refractivity contribution in [2.45, 2.75) is 45.6 Å². The van der Waals surface area contributed by atoms with Gasteiger partial charge in [0, 0.05) is 26.2 Å². The van der Waals surface area contributed by atoms with Gasteiger partial charge in [0.2, 0.25) is 0 Å². The van der Waals surface area contributed by atoms with Gasteiger partial charge < -0.3 is 15.0 Å². The second kappa shape index (κ2) is 7.61. The van der Waals surface area contributed by atoms with Crippen LogP contribution in [0.4, 0.5) is 0 Å². The molecule has 1 aliphatic heterocycles. The van der Waals surface area contributed by atoms with Gasteiger partial charge >= 0.3 is 0 Å². The first kappa shape index (κ1) is 15.3. The lowest BCUT2D eigenvalue weighted by molar-refractivity contribution is 0.158. The quantitative estimate of drug-likeness (QED) is 0.800. The van der Waals surface area contributed by atoms with Crippen molar-refractivity contribution in [1.82, 2.24) is 10.2 Å². The minimum Gasteiger partial charge on any atom is -0.383 e. The Bertz CT molecular complexity index is 259. The normalized spacial score (nSPS) is 36.8. The molecule has 0 amide bonds. The highest BCUT2D eigenvalue weighted by atomic mass is 16.5. The molecule has 3 heteroatoms. The maximum absolute atomic E-state index is 5.16. The van der Waals surface area contributed by atoms with E-state index in [1.807, 2.05) is 0 Å². The van der Waals surface area contributed by atoms with E-state index in [2.05, 4.69) is 24.1 Å². The van der Waals surface area contributed by atoms with E-state index < -0.39 is 0 Å². The predicted molar refractivity (Wildman–Crippen MR) is 80.4 cm³/mol. The van der Waals surface area contributed by atoms with E-state index in [-0.39, 0.29) is 0 Å². The standard InChI is InChI=1S/C16H32N2O/c1-13-4-5-16(10-14(13)2)17-11-15-6-7-18(12-15)8-9-19-3/h13-17H,4-12H2,1-3H3/t13-,14+,15-,16-/m1/s1. The monoisotopic (exact) mass is 268 g/mol. The summed E-state index contributed by atoms with van der Waals surface area (Å²) in [7, 11) is 1.79. The van der Waals surface area contributed by atoms with Crippen molar-refractivity contribution in [3.05, 3.63) is 0 Å². The highest BCUT2D eigenvalue weighted by Gasteiger charge is 2.26. The van der Waals surface area contributed by atoms with E-state index >= 15 is 0 Å². The molecule has 0 aromatic carbocycles. The number of hydrogen-bond acceptors (Lipinski definition) is 3. The van der Waals surface area contributed by atoms with Crippen LogP contribution in [0.2, 0.25) is 0 Å². The molecule has 0 bridgehead atoms. The Balaban J connectivity index is 1.61. The summed E-state index contributed by atoms with van der Waals surface area (Å²) >= 11 is 0. The van der Waals surface area contributed by atoms with Gasteiger partial charge in [-0.25, -0.2) is 0 Å². The van der Waals surface area contributed by atoms with E-state index in [1.54, 1.807) is 7.11 Å². The first-order chi connectivity index (χ1) is 9.19. The summed E-state index contributed by atoms with van der Waals surface area (Å²) in [5.74, 6) is 2.67. The van der Waals surface area contributed by atoms with Gasteiger partial charge in [-0.05, 0) is 56.5 Å².